The summed E-state index contributed by atoms with van der Waals surface area (Å²) >= 11 is 3.39. The fraction of sp³-hybridized carbons (Fsp3) is 0.222. The van der Waals surface area contributed by atoms with Gasteiger partial charge in [-0.3, -0.25) is 9.10 Å². The van der Waals surface area contributed by atoms with Crippen molar-refractivity contribution in [1.82, 2.24) is 5.43 Å². The van der Waals surface area contributed by atoms with Crippen molar-refractivity contribution in [2.75, 3.05) is 31.8 Å². The number of ether oxygens (including phenoxy) is 2. The predicted molar refractivity (Wildman–Crippen MR) is 112 cm³/mol. The van der Waals surface area contributed by atoms with E-state index in [1.165, 1.54) is 39.6 Å². The first-order valence-corrected chi connectivity index (χ1v) is 10.6. The van der Waals surface area contributed by atoms with Gasteiger partial charge in [0.2, 0.25) is 10.0 Å². The highest BCUT2D eigenvalue weighted by Gasteiger charge is 2.13. The van der Waals surface area contributed by atoms with E-state index in [1.807, 2.05) is 0 Å². The highest BCUT2D eigenvalue weighted by Crippen LogP contribution is 2.35. The molecule has 2 aromatic rings. The quantitative estimate of drug-likeness (QED) is 0.496. The first-order valence-electron chi connectivity index (χ1n) is 7.96. The monoisotopic (exact) mass is 469 g/mol. The van der Waals surface area contributed by atoms with Gasteiger partial charge in [-0.05, 0) is 57.9 Å². The number of amides is 1. The minimum Gasteiger partial charge on any atom is -0.493 e. The molecule has 1 N–H and O–H groups in total. The lowest BCUT2D eigenvalue weighted by atomic mass is 10.2. The van der Waals surface area contributed by atoms with E-state index in [4.69, 9.17) is 9.47 Å². The number of methoxy groups -OCH3 is 2. The fourth-order valence-electron chi connectivity index (χ4n) is 2.26. The molecule has 0 atom stereocenters. The van der Waals surface area contributed by atoms with Crippen molar-refractivity contribution in [1.29, 1.82) is 0 Å². The zero-order chi connectivity index (χ0) is 20.9. The van der Waals surface area contributed by atoms with Crippen LogP contribution in [0.4, 0.5) is 5.69 Å². The molecule has 2 aromatic carbocycles. The smallest absolute Gasteiger partial charge is 0.271 e. The molecule has 0 aromatic heterocycles. The van der Waals surface area contributed by atoms with Crippen LogP contribution in [0, 0.1) is 0 Å². The zero-order valence-electron chi connectivity index (χ0n) is 15.8. The summed E-state index contributed by atoms with van der Waals surface area (Å²) in [6.07, 6.45) is 2.57. The van der Waals surface area contributed by atoms with E-state index in [0.29, 0.717) is 32.8 Å². The normalized spacial score (nSPS) is 11.3. The number of anilines is 1. The second kappa shape index (κ2) is 9.07. The van der Waals surface area contributed by atoms with Crippen molar-refractivity contribution in [2.24, 2.45) is 5.10 Å². The Balaban J connectivity index is 2.09. The minimum absolute atomic E-state index is 0.344. The Morgan fingerprint density at radius 3 is 2.36 bits per heavy atom. The standard InChI is InChI=1S/C18H20BrN3O5S/c1-22(28(4,24)25)14-7-5-13(6-8-14)18(23)21-20-11-12-9-15(19)17(27-3)16(10-12)26-2/h5-11H,1-4H3,(H,21,23)/b20-11-. The number of benzene rings is 2. The van der Waals surface area contributed by atoms with Crippen molar-refractivity contribution in [2.45, 2.75) is 0 Å². The van der Waals surface area contributed by atoms with Gasteiger partial charge in [-0.25, -0.2) is 13.8 Å². The van der Waals surface area contributed by atoms with Gasteiger partial charge in [-0.15, -0.1) is 0 Å². The topological polar surface area (TPSA) is 97.3 Å². The number of nitrogens with one attached hydrogen (secondary N) is 1. The molecule has 0 aliphatic carbocycles. The Morgan fingerprint density at radius 1 is 1.18 bits per heavy atom. The number of sulfonamides is 1. The van der Waals surface area contributed by atoms with Crippen LogP contribution >= 0.6 is 15.9 Å². The molecule has 0 aliphatic rings. The molecule has 0 unspecified atom stereocenters. The van der Waals surface area contributed by atoms with Gasteiger partial charge in [0.1, 0.15) is 0 Å². The minimum atomic E-state index is -3.36. The predicted octanol–water partition coefficient (Wildman–Crippen LogP) is 2.63. The second-order valence-corrected chi connectivity index (χ2v) is 8.58. The van der Waals surface area contributed by atoms with Gasteiger partial charge in [0.15, 0.2) is 11.5 Å². The van der Waals surface area contributed by atoms with Gasteiger partial charge in [-0.1, -0.05) is 0 Å². The van der Waals surface area contributed by atoms with Crippen molar-refractivity contribution < 1.29 is 22.7 Å². The van der Waals surface area contributed by atoms with Gasteiger partial charge < -0.3 is 9.47 Å². The molecule has 0 spiro atoms. The van der Waals surface area contributed by atoms with Crippen LogP contribution in [0.3, 0.4) is 0 Å². The van der Waals surface area contributed by atoms with Crippen LogP contribution in [0.25, 0.3) is 0 Å². The average Bonchev–Trinajstić information content (AvgIpc) is 2.66. The van der Waals surface area contributed by atoms with E-state index in [9.17, 15) is 13.2 Å². The van der Waals surface area contributed by atoms with Crippen molar-refractivity contribution in [3.63, 3.8) is 0 Å². The molecule has 0 radical (unpaired) electrons. The molecule has 150 valence electrons. The number of hydrogen-bond donors (Lipinski definition) is 1. The summed E-state index contributed by atoms with van der Waals surface area (Å²) in [6, 6.07) is 9.63. The Labute approximate surface area is 172 Å². The number of hydrogen-bond acceptors (Lipinski definition) is 6. The molecule has 0 bridgehead atoms. The van der Waals surface area contributed by atoms with E-state index >= 15 is 0 Å². The number of rotatable bonds is 7. The number of nitrogens with zero attached hydrogens (tertiary/aromatic N) is 2. The molecular weight excluding hydrogens is 450 g/mol. The molecule has 8 nitrogen and oxygen atoms in total. The second-order valence-electron chi connectivity index (χ2n) is 5.71. The lowest BCUT2D eigenvalue weighted by Gasteiger charge is -2.16. The van der Waals surface area contributed by atoms with Gasteiger partial charge >= 0.3 is 0 Å². The summed E-state index contributed by atoms with van der Waals surface area (Å²) in [5, 5.41) is 3.94. The van der Waals surface area contributed by atoms with E-state index in [2.05, 4.69) is 26.5 Å². The van der Waals surface area contributed by atoms with Crippen LogP contribution in [-0.4, -0.2) is 48.1 Å². The molecule has 10 heteroatoms. The molecular formula is C18H20BrN3O5S. The first-order chi connectivity index (χ1) is 13.2. The molecule has 0 aliphatic heterocycles. The molecule has 1 amide bonds. The molecule has 0 saturated carbocycles. The first kappa shape index (κ1) is 21.7. The van der Waals surface area contributed by atoms with Gasteiger partial charge in [0.05, 0.1) is 36.9 Å². The van der Waals surface area contributed by atoms with E-state index in [-0.39, 0.29) is 0 Å². The number of halogens is 1. The van der Waals surface area contributed by atoms with Crippen LogP contribution in [0.1, 0.15) is 15.9 Å². The van der Waals surface area contributed by atoms with Crippen LogP contribution in [0.2, 0.25) is 0 Å². The van der Waals surface area contributed by atoms with E-state index in [0.717, 1.165) is 10.6 Å². The maximum atomic E-state index is 12.2. The lowest BCUT2D eigenvalue weighted by molar-refractivity contribution is 0.0955. The maximum Gasteiger partial charge on any atom is 0.271 e. The van der Waals surface area contributed by atoms with Crippen LogP contribution < -0.4 is 19.2 Å². The highest BCUT2D eigenvalue weighted by atomic mass is 79.9. The summed E-state index contributed by atoms with van der Waals surface area (Å²) in [7, 11) is 1.14. The maximum absolute atomic E-state index is 12.2. The Bertz CT molecular complexity index is 991. The highest BCUT2D eigenvalue weighted by molar-refractivity contribution is 9.10. The Hall–Kier alpha value is -2.59. The third-order valence-electron chi connectivity index (χ3n) is 3.83. The summed E-state index contributed by atoms with van der Waals surface area (Å²) in [4.78, 5) is 12.2. The molecule has 0 saturated heterocycles. The third kappa shape index (κ3) is 5.23. The SMILES string of the molecule is COc1cc(/C=N\NC(=O)c2ccc(N(C)S(C)(=O)=O)cc2)cc(Br)c1OC. The summed E-state index contributed by atoms with van der Waals surface area (Å²) in [6.45, 7) is 0. The fourth-order valence-corrected chi connectivity index (χ4v) is 3.38. The van der Waals surface area contributed by atoms with Gasteiger partial charge in [0, 0.05) is 12.6 Å². The van der Waals surface area contributed by atoms with Crippen molar-refractivity contribution >= 4 is 43.8 Å². The van der Waals surface area contributed by atoms with Crippen LogP contribution in [0.5, 0.6) is 11.5 Å². The molecule has 0 heterocycles. The Kier molecular flexibility index (Phi) is 7.03. The summed E-state index contributed by atoms with van der Waals surface area (Å²) < 4.78 is 35.4. The number of carbonyl (C=O) groups is 1. The van der Waals surface area contributed by atoms with Crippen LogP contribution in [0.15, 0.2) is 46.0 Å². The molecule has 28 heavy (non-hydrogen) atoms. The van der Waals surface area contributed by atoms with Crippen LogP contribution in [-0.2, 0) is 10.0 Å². The van der Waals surface area contributed by atoms with E-state index < -0.39 is 15.9 Å². The average molecular weight is 470 g/mol. The molecule has 0 fully saturated rings. The third-order valence-corrected chi connectivity index (χ3v) is 5.62. The number of carbonyl (C=O) groups excluding carboxylic acids is 1. The Morgan fingerprint density at radius 2 is 1.82 bits per heavy atom. The van der Waals surface area contributed by atoms with Gasteiger partial charge in [-0.2, -0.15) is 5.10 Å². The number of hydrazone groups is 1. The zero-order valence-corrected chi connectivity index (χ0v) is 18.2. The van der Waals surface area contributed by atoms with Gasteiger partial charge in [0.25, 0.3) is 5.91 Å². The largest absolute Gasteiger partial charge is 0.493 e. The van der Waals surface area contributed by atoms with Crippen molar-refractivity contribution in [3.8, 4) is 11.5 Å². The summed E-state index contributed by atoms with van der Waals surface area (Å²) in [5.74, 6) is 0.655. The lowest BCUT2D eigenvalue weighted by Crippen LogP contribution is -2.25. The summed E-state index contributed by atoms with van der Waals surface area (Å²) in [5.41, 5.74) is 3.91. The molecule has 2 rings (SSSR count). The van der Waals surface area contributed by atoms with E-state index in [1.54, 1.807) is 24.3 Å². The van der Waals surface area contributed by atoms with Crippen molar-refractivity contribution in [3.05, 3.63) is 52.0 Å².